The van der Waals surface area contributed by atoms with Gasteiger partial charge in [0.25, 0.3) is 5.91 Å². The Balaban J connectivity index is 1.42. The minimum atomic E-state index is -0.277. The van der Waals surface area contributed by atoms with E-state index >= 15 is 0 Å². The van der Waals surface area contributed by atoms with Crippen LogP contribution >= 0.6 is 11.3 Å². The molecule has 3 heterocycles. The van der Waals surface area contributed by atoms with Crippen molar-refractivity contribution < 1.29 is 18.8 Å². The molecule has 0 bridgehead atoms. The lowest BCUT2D eigenvalue weighted by molar-refractivity contribution is -0.131. The van der Waals surface area contributed by atoms with E-state index in [-0.39, 0.29) is 24.4 Å². The smallest absolute Gasteiger partial charge is 0.261 e. The van der Waals surface area contributed by atoms with Crippen molar-refractivity contribution in [1.29, 1.82) is 0 Å². The molecule has 2 aromatic heterocycles. The van der Waals surface area contributed by atoms with Gasteiger partial charge >= 0.3 is 0 Å². The molecule has 9 heteroatoms. The van der Waals surface area contributed by atoms with Gasteiger partial charge in [0.1, 0.15) is 11.8 Å². The lowest BCUT2D eigenvalue weighted by Gasteiger charge is -2.21. The van der Waals surface area contributed by atoms with Crippen LogP contribution in [0.15, 0.2) is 46.3 Å². The minimum Gasteiger partial charge on any atom is -0.497 e. The summed E-state index contributed by atoms with van der Waals surface area (Å²) in [6.07, 6.45) is 1.59. The highest BCUT2D eigenvalue weighted by atomic mass is 32.1. The highest BCUT2D eigenvalue weighted by Crippen LogP contribution is 2.32. The Labute approximate surface area is 171 Å². The van der Waals surface area contributed by atoms with Gasteiger partial charge in [-0.25, -0.2) is 0 Å². The van der Waals surface area contributed by atoms with Crippen molar-refractivity contribution in [3.63, 3.8) is 0 Å². The highest BCUT2D eigenvalue weighted by molar-refractivity contribution is 7.12. The van der Waals surface area contributed by atoms with Crippen LogP contribution in [0.3, 0.4) is 0 Å². The van der Waals surface area contributed by atoms with E-state index in [0.717, 1.165) is 24.2 Å². The fourth-order valence-electron chi connectivity index (χ4n) is 3.30. The molecule has 1 atom stereocenters. The van der Waals surface area contributed by atoms with Crippen molar-refractivity contribution in [2.24, 2.45) is 0 Å². The number of nitrogens with zero attached hydrogens (tertiary/aromatic N) is 3. The molecule has 3 aromatic rings. The molecule has 1 N–H and O–H groups in total. The molecule has 4 rings (SSSR count). The quantitative estimate of drug-likeness (QED) is 0.669. The molecule has 2 amide bonds. The van der Waals surface area contributed by atoms with Crippen molar-refractivity contribution in [2.75, 3.05) is 20.2 Å². The third-order valence-corrected chi connectivity index (χ3v) is 5.66. The van der Waals surface area contributed by atoms with E-state index in [1.54, 1.807) is 24.1 Å². The summed E-state index contributed by atoms with van der Waals surface area (Å²) < 4.78 is 10.6. The zero-order valence-electron chi connectivity index (χ0n) is 15.8. The second-order valence-corrected chi connectivity index (χ2v) is 7.54. The fraction of sp³-hybridized carbons (Fsp3) is 0.300. The lowest BCUT2D eigenvalue weighted by Crippen LogP contribution is -2.39. The molecule has 0 spiro atoms. The Morgan fingerprint density at radius 2 is 2.14 bits per heavy atom. The van der Waals surface area contributed by atoms with Crippen molar-refractivity contribution in [1.82, 2.24) is 20.4 Å². The Kier molecular flexibility index (Phi) is 5.57. The molecule has 1 saturated heterocycles. The standard InChI is InChI=1S/C20H20N4O4S/c1-27-14-8-6-13(7-9-14)18-22-20(28-23-18)15-4-2-10-24(15)17(25)12-21-19(26)16-5-3-11-29-16/h3,5-9,11,15H,2,4,10,12H2,1H3,(H,21,26). The van der Waals surface area contributed by atoms with Crippen LogP contribution in [-0.4, -0.2) is 47.1 Å². The summed E-state index contributed by atoms with van der Waals surface area (Å²) in [6, 6.07) is 10.6. The number of hydrogen-bond donors (Lipinski definition) is 1. The Hall–Kier alpha value is -3.20. The number of benzene rings is 1. The van der Waals surface area contributed by atoms with E-state index in [1.807, 2.05) is 29.6 Å². The van der Waals surface area contributed by atoms with Crippen LogP contribution in [0.4, 0.5) is 0 Å². The molecular weight excluding hydrogens is 392 g/mol. The molecule has 1 aliphatic heterocycles. The predicted molar refractivity (Wildman–Crippen MR) is 107 cm³/mol. The van der Waals surface area contributed by atoms with Crippen molar-refractivity contribution in [2.45, 2.75) is 18.9 Å². The number of aromatic nitrogens is 2. The number of rotatable bonds is 6. The molecule has 1 fully saturated rings. The van der Waals surface area contributed by atoms with E-state index in [1.165, 1.54) is 11.3 Å². The molecule has 1 aromatic carbocycles. The maximum absolute atomic E-state index is 12.7. The van der Waals surface area contributed by atoms with Crippen LogP contribution in [0, 0.1) is 0 Å². The third-order valence-electron chi connectivity index (χ3n) is 4.79. The van der Waals surface area contributed by atoms with Gasteiger partial charge in [-0.3, -0.25) is 9.59 Å². The van der Waals surface area contributed by atoms with Gasteiger partial charge in [-0.15, -0.1) is 11.3 Å². The predicted octanol–water partition coefficient (Wildman–Crippen LogP) is 2.90. The highest BCUT2D eigenvalue weighted by Gasteiger charge is 2.34. The van der Waals surface area contributed by atoms with Crippen LogP contribution in [0.2, 0.25) is 0 Å². The van der Waals surface area contributed by atoms with Gasteiger partial charge < -0.3 is 19.5 Å². The first-order chi connectivity index (χ1) is 14.2. The van der Waals surface area contributed by atoms with Crippen molar-refractivity contribution in [3.8, 4) is 17.1 Å². The van der Waals surface area contributed by atoms with Crippen molar-refractivity contribution in [3.05, 3.63) is 52.5 Å². The Bertz CT molecular complexity index is 984. The first kappa shape index (κ1) is 19.1. The molecule has 0 saturated carbocycles. The first-order valence-electron chi connectivity index (χ1n) is 9.25. The monoisotopic (exact) mass is 412 g/mol. The molecule has 29 heavy (non-hydrogen) atoms. The summed E-state index contributed by atoms with van der Waals surface area (Å²) in [5, 5.41) is 8.56. The third kappa shape index (κ3) is 4.14. The molecule has 1 aliphatic rings. The summed E-state index contributed by atoms with van der Waals surface area (Å²) in [7, 11) is 1.61. The summed E-state index contributed by atoms with van der Waals surface area (Å²) in [5.74, 6) is 1.21. The van der Waals surface area contributed by atoms with E-state index < -0.39 is 0 Å². The number of hydrogen-bond acceptors (Lipinski definition) is 7. The van der Waals surface area contributed by atoms with Gasteiger partial charge in [-0.1, -0.05) is 11.2 Å². The summed E-state index contributed by atoms with van der Waals surface area (Å²) in [6.45, 7) is 0.533. The SMILES string of the molecule is COc1ccc(-c2noc(C3CCCN3C(=O)CNC(=O)c3cccs3)n2)cc1. The number of carbonyl (C=O) groups is 2. The average molecular weight is 412 g/mol. The second-order valence-electron chi connectivity index (χ2n) is 6.59. The zero-order valence-corrected chi connectivity index (χ0v) is 16.6. The van der Waals surface area contributed by atoms with E-state index in [9.17, 15) is 9.59 Å². The van der Waals surface area contributed by atoms with Gasteiger partial charge in [0.2, 0.25) is 17.6 Å². The van der Waals surface area contributed by atoms with Crippen LogP contribution in [-0.2, 0) is 4.79 Å². The van der Waals surface area contributed by atoms with E-state index in [2.05, 4.69) is 15.5 Å². The number of amides is 2. The molecule has 8 nitrogen and oxygen atoms in total. The molecular formula is C20H20N4O4S. The van der Waals surface area contributed by atoms with E-state index in [4.69, 9.17) is 9.26 Å². The minimum absolute atomic E-state index is 0.0628. The number of thiophene rings is 1. The second kappa shape index (κ2) is 8.44. The fourth-order valence-corrected chi connectivity index (χ4v) is 3.94. The average Bonchev–Trinajstić information content (AvgIpc) is 3.52. The van der Waals surface area contributed by atoms with Gasteiger partial charge in [0.15, 0.2) is 0 Å². The normalized spacial score (nSPS) is 16.0. The summed E-state index contributed by atoms with van der Waals surface area (Å²) in [5.41, 5.74) is 0.805. The van der Waals surface area contributed by atoms with Gasteiger partial charge in [-0.05, 0) is 48.6 Å². The van der Waals surface area contributed by atoms with Crippen molar-refractivity contribution >= 4 is 23.2 Å². The first-order valence-corrected chi connectivity index (χ1v) is 10.1. The number of methoxy groups -OCH3 is 1. The van der Waals surface area contributed by atoms with Crippen LogP contribution < -0.4 is 10.1 Å². The zero-order chi connectivity index (χ0) is 20.2. The summed E-state index contributed by atoms with van der Waals surface area (Å²) >= 11 is 1.34. The number of nitrogens with one attached hydrogen (secondary N) is 1. The number of likely N-dealkylation sites (tertiary alicyclic amines) is 1. The summed E-state index contributed by atoms with van der Waals surface area (Å²) in [4.78, 5) is 31.5. The van der Waals surface area contributed by atoms with Crippen LogP contribution in [0.5, 0.6) is 5.75 Å². The Morgan fingerprint density at radius 3 is 2.86 bits per heavy atom. The van der Waals surface area contributed by atoms with Gasteiger partial charge in [0, 0.05) is 12.1 Å². The number of carbonyl (C=O) groups excluding carboxylic acids is 2. The van der Waals surface area contributed by atoms with Gasteiger partial charge in [-0.2, -0.15) is 4.98 Å². The Morgan fingerprint density at radius 1 is 1.31 bits per heavy atom. The molecule has 150 valence electrons. The topological polar surface area (TPSA) is 97.6 Å². The van der Waals surface area contributed by atoms with Gasteiger partial charge in [0.05, 0.1) is 18.5 Å². The molecule has 0 radical (unpaired) electrons. The lowest BCUT2D eigenvalue weighted by atomic mass is 10.2. The largest absolute Gasteiger partial charge is 0.497 e. The van der Waals surface area contributed by atoms with Crippen LogP contribution in [0.25, 0.3) is 11.4 Å². The molecule has 1 unspecified atom stereocenters. The van der Waals surface area contributed by atoms with E-state index in [0.29, 0.717) is 23.1 Å². The maximum Gasteiger partial charge on any atom is 0.261 e. The van der Waals surface area contributed by atoms with Crippen LogP contribution in [0.1, 0.15) is 34.4 Å². The molecule has 0 aliphatic carbocycles. The number of ether oxygens (including phenoxy) is 1. The maximum atomic E-state index is 12.7.